The summed E-state index contributed by atoms with van der Waals surface area (Å²) in [6, 6.07) is 8.31. The minimum atomic E-state index is -4.52. The van der Waals surface area contributed by atoms with E-state index in [1.54, 1.807) is 13.8 Å². The van der Waals surface area contributed by atoms with E-state index in [2.05, 4.69) is 36.5 Å². The second-order valence-corrected chi connectivity index (χ2v) is 6.15. The molecule has 0 aliphatic rings. The predicted octanol–water partition coefficient (Wildman–Crippen LogP) is 4.69. The van der Waals surface area contributed by atoms with Crippen LogP contribution >= 0.6 is 15.9 Å². The molecule has 4 nitrogen and oxygen atoms in total. The van der Waals surface area contributed by atoms with Gasteiger partial charge in [0, 0.05) is 23.1 Å². The Kier molecular flexibility index (Phi) is 5.46. The normalized spacial score (nSPS) is 11.6. The van der Waals surface area contributed by atoms with Crippen molar-refractivity contribution in [3.8, 4) is 0 Å². The SMILES string of the molecule is CC(C)Nc1nc(NCc2ccc(Br)cc2)cc(C(F)(F)F)n1. The van der Waals surface area contributed by atoms with E-state index in [1.807, 2.05) is 24.3 Å². The molecular formula is C15H16BrF3N4. The molecule has 2 rings (SSSR count). The summed E-state index contributed by atoms with van der Waals surface area (Å²) in [4.78, 5) is 7.60. The van der Waals surface area contributed by atoms with E-state index in [4.69, 9.17) is 0 Å². The van der Waals surface area contributed by atoms with E-state index in [0.717, 1.165) is 16.1 Å². The second-order valence-electron chi connectivity index (χ2n) is 5.24. The lowest BCUT2D eigenvalue weighted by Crippen LogP contribution is -2.17. The van der Waals surface area contributed by atoms with E-state index >= 15 is 0 Å². The maximum Gasteiger partial charge on any atom is 0.433 e. The highest BCUT2D eigenvalue weighted by molar-refractivity contribution is 9.10. The van der Waals surface area contributed by atoms with Crippen LogP contribution in [0, 0.1) is 0 Å². The number of alkyl halides is 3. The highest BCUT2D eigenvalue weighted by atomic mass is 79.9. The second kappa shape index (κ2) is 7.16. The van der Waals surface area contributed by atoms with Crippen LogP contribution in [-0.4, -0.2) is 16.0 Å². The van der Waals surface area contributed by atoms with Gasteiger partial charge in [0.1, 0.15) is 5.82 Å². The van der Waals surface area contributed by atoms with Crippen LogP contribution in [-0.2, 0) is 12.7 Å². The third-order valence-corrected chi connectivity index (χ3v) is 3.35. The zero-order chi connectivity index (χ0) is 17.0. The Morgan fingerprint density at radius 3 is 2.35 bits per heavy atom. The molecule has 0 aliphatic carbocycles. The molecule has 0 saturated carbocycles. The molecular weight excluding hydrogens is 373 g/mol. The van der Waals surface area contributed by atoms with Crippen LogP contribution in [0.15, 0.2) is 34.8 Å². The Labute approximate surface area is 140 Å². The van der Waals surface area contributed by atoms with Crippen LogP contribution in [0.2, 0.25) is 0 Å². The fraction of sp³-hybridized carbons (Fsp3) is 0.333. The van der Waals surface area contributed by atoms with Gasteiger partial charge in [-0.3, -0.25) is 0 Å². The maximum absolute atomic E-state index is 12.9. The first-order valence-corrected chi connectivity index (χ1v) is 7.74. The van der Waals surface area contributed by atoms with Crippen molar-refractivity contribution in [2.75, 3.05) is 10.6 Å². The smallest absolute Gasteiger partial charge is 0.366 e. The summed E-state index contributed by atoms with van der Waals surface area (Å²) in [6.07, 6.45) is -4.52. The van der Waals surface area contributed by atoms with Gasteiger partial charge < -0.3 is 10.6 Å². The van der Waals surface area contributed by atoms with Crippen molar-refractivity contribution in [2.24, 2.45) is 0 Å². The third-order valence-electron chi connectivity index (χ3n) is 2.82. The van der Waals surface area contributed by atoms with Gasteiger partial charge in [0.15, 0.2) is 5.69 Å². The van der Waals surface area contributed by atoms with Crippen LogP contribution in [0.4, 0.5) is 24.9 Å². The van der Waals surface area contributed by atoms with Crippen molar-refractivity contribution in [3.05, 3.63) is 46.1 Å². The van der Waals surface area contributed by atoms with Crippen LogP contribution in [0.1, 0.15) is 25.1 Å². The molecule has 124 valence electrons. The average Bonchev–Trinajstić information content (AvgIpc) is 2.45. The first-order chi connectivity index (χ1) is 10.7. The number of nitrogens with one attached hydrogen (secondary N) is 2. The van der Waals surface area contributed by atoms with Gasteiger partial charge in [0.2, 0.25) is 5.95 Å². The number of hydrogen-bond acceptors (Lipinski definition) is 4. The molecule has 0 aliphatic heterocycles. The summed E-state index contributed by atoms with van der Waals surface area (Å²) < 4.78 is 39.8. The first-order valence-electron chi connectivity index (χ1n) is 6.95. The van der Waals surface area contributed by atoms with E-state index in [1.165, 1.54) is 0 Å². The average molecular weight is 389 g/mol. The van der Waals surface area contributed by atoms with Crippen molar-refractivity contribution in [1.82, 2.24) is 9.97 Å². The quantitative estimate of drug-likeness (QED) is 0.779. The molecule has 0 fully saturated rings. The molecule has 23 heavy (non-hydrogen) atoms. The molecule has 1 heterocycles. The molecule has 0 saturated heterocycles. The fourth-order valence-corrected chi connectivity index (χ4v) is 2.06. The lowest BCUT2D eigenvalue weighted by Gasteiger charge is -2.14. The third kappa shape index (κ3) is 5.38. The minimum absolute atomic E-state index is 0.0480. The molecule has 8 heteroatoms. The Hall–Kier alpha value is -1.83. The van der Waals surface area contributed by atoms with Crippen molar-refractivity contribution >= 4 is 27.7 Å². The van der Waals surface area contributed by atoms with Crippen LogP contribution in [0.5, 0.6) is 0 Å². The highest BCUT2D eigenvalue weighted by Gasteiger charge is 2.33. The van der Waals surface area contributed by atoms with Gasteiger partial charge in [-0.1, -0.05) is 28.1 Å². The van der Waals surface area contributed by atoms with Crippen LogP contribution in [0.25, 0.3) is 0 Å². The van der Waals surface area contributed by atoms with Gasteiger partial charge >= 0.3 is 6.18 Å². The minimum Gasteiger partial charge on any atom is -0.366 e. The number of benzene rings is 1. The molecule has 2 aromatic rings. The summed E-state index contributed by atoms with van der Waals surface area (Å²) in [5.41, 5.74) is -0.0484. The lowest BCUT2D eigenvalue weighted by atomic mass is 10.2. The summed E-state index contributed by atoms with van der Waals surface area (Å²) in [7, 11) is 0. The van der Waals surface area contributed by atoms with Gasteiger partial charge in [0.25, 0.3) is 0 Å². The number of aromatic nitrogens is 2. The molecule has 1 aromatic heterocycles. The molecule has 0 bridgehead atoms. The summed E-state index contributed by atoms with van der Waals surface area (Å²) in [5, 5.41) is 5.69. The van der Waals surface area contributed by atoms with Gasteiger partial charge in [-0.25, -0.2) is 4.98 Å². The zero-order valence-corrected chi connectivity index (χ0v) is 14.2. The Morgan fingerprint density at radius 1 is 1.13 bits per heavy atom. The van der Waals surface area contributed by atoms with Crippen molar-refractivity contribution in [1.29, 1.82) is 0 Å². The number of nitrogens with zero attached hydrogens (tertiary/aromatic N) is 2. The van der Waals surface area contributed by atoms with Crippen molar-refractivity contribution < 1.29 is 13.2 Å². The predicted molar refractivity (Wildman–Crippen MR) is 87.3 cm³/mol. The summed E-state index contributed by atoms with van der Waals surface area (Å²) in [6.45, 7) is 3.97. The topological polar surface area (TPSA) is 49.8 Å². The van der Waals surface area contributed by atoms with E-state index in [9.17, 15) is 13.2 Å². The number of anilines is 2. The highest BCUT2D eigenvalue weighted by Crippen LogP contribution is 2.29. The van der Waals surface area contributed by atoms with Crippen molar-refractivity contribution in [3.63, 3.8) is 0 Å². The number of hydrogen-bond donors (Lipinski definition) is 2. The van der Waals surface area contributed by atoms with Gasteiger partial charge in [-0.05, 0) is 31.5 Å². The first kappa shape index (κ1) is 17.5. The number of rotatable bonds is 5. The van der Waals surface area contributed by atoms with Gasteiger partial charge in [0.05, 0.1) is 0 Å². The molecule has 1 aromatic carbocycles. The van der Waals surface area contributed by atoms with Crippen LogP contribution < -0.4 is 10.6 Å². The molecule has 2 N–H and O–H groups in total. The molecule has 0 atom stereocenters. The molecule has 0 radical (unpaired) electrons. The van der Waals surface area contributed by atoms with Gasteiger partial charge in [-0.2, -0.15) is 18.2 Å². The van der Waals surface area contributed by atoms with Gasteiger partial charge in [-0.15, -0.1) is 0 Å². The number of halogens is 4. The largest absolute Gasteiger partial charge is 0.433 e. The fourth-order valence-electron chi connectivity index (χ4n) is 1.80. The van der Waals surface area contributed by atoms with E-state index in [0.29, 0.717) is 6.54 Å². The Morgan fingerprint density at radius 2 is 1.78 bits per heavy atom. The molecule has 0 unspecified atom stereocenters. The Bertz CT molecular complexity index is 657. The molecule has 0 spiro atoms. The van der Waals surface area contributed by atoms with Crippen LogP contribution in [0.3, 0.4) is 0 Å². The lowest BCUT2D eigenvalue weighted by molar-refractivity contribution is -0.141. The molecule has 0 amide bonds. The zero-order valence-electron chi connectivity index (χ0n) is 12.6. The maximum atomic E-state index is 12.9. The Balaban J connectivity index is 2.20. The van der Waals surface area contributed by atoms with E-state index < -0.39 is 11.9 Å². The standard InChI is InChI=1S/C15H16BrF3N4/c1-9(2)21-14-22-12(15(17,18)19)7-13(23-14)20-8-10-3-5-11(16)6-4-10/h3-7,9H,8H2,1-2H3,(H2,20,21,22,23). The summed E-state index contributed by atoms with van der Waals surface area (Å²) >= 11 is 3.33. The monoisotopic (exact) mass is 388 g/mol. The summed E-state index contributed by atoms with van der Waals surface area (Å²) in [5.74, 6) is 0.0755. The van der Waals surface area contributed by atoms with E-state index in [-0.39, 0.29) is 17.8 Å². The van der Waals surface area contributed by atoms with Crippen molar-refractivity contribution in [2.45, 2.75) is 32.6 Å².